The minimum Gasteiger partial charge on any atom is -0.315 e. The molecule has 0 unspecified atom stereocenters. The number of nitriles is 1. The summed E-state index contributed by atoms with van der Waals surface area (Å²) in [6.45, 7) is 1.71. The Bertz CT molecular complexity index is 1200. The van der Waals surface area contributed by atoms with Crippen LogP contribution in [0.3, 0.4) is 0 Å². The van der Waals surface area contributed by atoms with Crippen molar-refractivity contribution in [2.45, 2.75) is 6.92 Å². The molecular weight excluding hydrogens is 411 g/mol. The molecule has 0 fully saturated rings. The maximum Gasteiger partial charge on any atom is 0.295 e. The number of para-hydroxylation sites is 1. The second-order valence-electron chi connectivity index (χ2n) is 6.20. The molecule has 0 aliphatic rings. The summed E-state index contributed by atoms with van der Waals surface area (Å²) in [5, 5.41) is 12.6. The van der Waals surface area contributed by atoms with E-state index in [1.165, 1.54) is 10.8 Å². The first kappa shape index (κ1) is 20.5. The molecule has 3 aromatic rings. The molecule has 2 aromatic carbocycles. The Labute approximate surface area is 177 Å². The summed E-state index contributed by atoms with van der Waals surface area (Å²) in [5.74, 6) is -0.727. The standard InChI is InChI=1S/C21H16Cl2N4O2/c1-13-19(21(29)27(26(13)2)15-7-4-3-5-8-15)25-20(28)14(12-24)11-16-17(22)9-6-10-18(16)23/h3-11H,1-2H3,(H,25,28). The van der Waals surface area contributed by atoms with Crippen LogP contribution in [-0.4, -0.2) is 15.3 Å². The van der Waals surface area contributed by atoms with E-state index in [0.717, 1.165) is 0 Å². The lowest BCUT2D eigenvalue weighted by Crippen LogP contribution is -2.23. The molecule has 0 radical (unpaired) electrons. The van der Waals surface area contributed by atoms with Crippen molar-refractivity contribution < 1.29 is 4.79 Å². The van der Waals surface area contributed by atoms with Gasteiger partial charge in [0.25, 0.3) is 11.5 Å². The Morgan fingerprint density at radius 1 is 1.10 bits per heavy atom. The molecule has 146 valence electrons. The molecule has 1 aromatic heterocycles. The fourth-order valence-electron chi connectivity index (χ4n) is 2.83. The summed E-state index contributed by atoms with van der Waals surface area (Å²) >= 11 is 12.2. The third-order valence-corrected chi connectivity index (χ3v) is 5.11. The topological polar surface area (TPSA) is 79.8 Å². The number of halogens is 2. The lowest BCUT2D eigenvalue weighted by atomic mass is 10.1. The number of amides is 1. The number of anilines is 1. The monoisotopic (exact) mass is 426 g/mol. The van der Waals surface area contributed by atoms with Gasteiger partial charge in [-0.15, -0.1) is 0 Å². The van der Waals surface area contributed by atoms with E-state index in [-0.39, 0.29) is 11.3 Å². The van der Waals surface area contributed by atoms with Crippen LogP contribution in [0.2, 0.25) is 10.0 Å². The third kappa shape index (κ3) is 3.97. The second kappa shape index (κ2) is 8.39. The van der Waals surface area contributed by atoms with Crippen LogP contribution in [0.1, 0.15) is 11.3 Å². The van der Waals surface area contributed by atoms with E-state index in [2.05, 4.69) is 5.32 Å². The van der Waals surface area contributed by atoms with Gasteiger partial charge in [-0.25, -0.2) is 4.68 Å². The Balaban J connectivity index is 2.00. The quantitative estimate of drug-likeness (QED) is 0.497. The first-order valence-corrected chi connectivity index (χ1v) is 9.32. The summed E-state index contributed by atoms with van der Waals surface area (Å²) in [6.07, 6.45) is 1.30. The number of hydrogen-bond acceptors (Lipinski definition) is 3. The second-order valence-corrected chi connectivity index (χ2v) is 7.01. The Kier molecular flexibility index (Phi) is 5.92. The van der Waals surface area contributed by atoms with Gasteiger partial charge < -0.3 is 5.32 Å². The van der Waals surface area contributed by atoms with E-state index < -0.39 is 11.5 Å². The Hall–Kier alpha value is -3.27. The van der Waals surface area contributed by atoms with Gasteiger partial charge in [0.2, 0.25) is 0 Å². The van der Waals surface area contributed by atoms with Gasteiger partial charge in [-0.2, -0.15) is 5.26 Å². The summed E-state index contributed by atoms with van der Waals surface area (Å²) in [5.41, 5.74) is 1.01. The van der Waals surface area contributed by atoms with Crippen LogP contribution in [0, 0.1) is 18.3 Å². The third-order valence-electron chi connectivity index (χ3n) is 4.45. The number of hydrogen-bond donors (Lipinski definition) is 1. The molecule has 8 heteroatoms. The summed E-state index contributed by atoms with van der Waals surface area (Å²) < 4.78 is 3.07. The molecule has 29 heavy (non-hydrogen) atoms. The van der Waals surface area contributed by atoms with Crippen molar-refractivity contribution in [1.29, 1.82) is 5.26 Å². The average molecular weight is 427 g/mol. The molecule has 0 aliphatic carbocycles. The molecule has 0 bridgehead atoms. The fraction of sp³-hybridized carbons (Fsp3) is 0.0952. The van der Waals surface area contributed by atoms with Crippen molar-refractivity contribution in [3.05, 3.63) is 85.8 Å². The van der Waals surface area contributed by atoms with E-state index in [0.29, 0.717) is 27.0 Å². The van der Waals surface area contributed by atoms with Gasteiger partial charge in [-0.3, -0.25) is 14.3 Å². The molecule has 0 atom stereocenters. The molecule has 1 heterocycles. The van der Waals surface area contributed by atoms with Crippen molar-refractivity contribution in [2.24, 2.45) is 7.05 Å². The highest BCUT2D eigenvalue weighted by Crippen LogP contribution is 2.27. The zero-order chi connectivity index (χ0) is 21.1. The number of benzene rings is 2. The van der Waals surface area contributed by atoms with Gasteiger partial charge in [-0.1, -0.05) is 47.5 Å². The van der Waals surface area contributed by atoms with Gasteiger partial charge >= 0.3 is 0 Å². The van der Waals surface area contributed by atoms with Gasteiger partial charge in [0.1, 0.15) is 17.3 Å². The van der Waals surface area contributed by atoms with Crippen LogP contribution in [0.4, 0.5) is 5.69 Å². The smallest absolute Gasteiger partial charge is 0.295 e. The van der Waals surface area contributed by atoms with Crippen LogP contribution >= 0.6 is 23.2 Å². The first-order chi connectivity index (χ1) is 13.8. The molecule has 0 spiro atoms. The van der Waals surface area contributed by atoms with E-state index in [4.69, 9.17) is 23.2 Å². The number of rotatable bonds is 4. The predicted octanol–water partition coefficient (Wildman–Crippen LogP) is 4.34. The van der Waals surface area contributed by atoms with Gasteiger partial charge in [0.05, 0.1) is 11.4 Å². The maximum absolute atomic E-state index is 12.9. The van der Waals surface area contributed by atoms with Crippen molar-refractivity contribution >= 4 is 40.9 Å². The van der Waals surface area contributed by atoms with Crippen molar-refractivity contribution in [3.8, 4) is 11.8 Å². The van der Waals surface area contributed by atoms with Crippen LogP contribution in [-0.2, 0) is 11.8 Å². The van der Waals surface area contributed by atoms with Crippen LogP contribution < -0.4 is 10.9 Å². The lowest BCUT2D eigenvalue weighted by molar-refractivity contribution is -0.112. The highest BCUT2D eigenvalue weighted by atomic mass is 35.5. The molecule has 0 saturated heterocycles. The Morgan fingerprint density at radius 3 is 2.31 bits per heavy atom. The van der Waals surface area contributed by atoms with Gasteiger partial charge in [0.15, 0.2) is 0 Å². The summed E-state index contributed by atoms with van der Waals surface area (Å²) in [6, 6.07) is 15.7. The minimum absolute atomic E-state index is 0.0905. The molecule has 0 aliphatic heterocycles. The fourth-order valence-corrected chi connectivity index (χ4v) is 3.34. The summed E-state index contributed by atoms with van der Waals surface area (Å²) in [7, 11) is 1.71. The van der Waals surface area contributed by atoms with Crippen LogP contribution in [0.15, 0.2) is 58.9 Å². The van der Waals surface area contributed by atoms with Crippen molar-refractivity contribution in [3.63, 3.8) is 0 Å². The largest absolute Gasteiger partial charge is 0.315 e. The van der Waals surface area contributed by atoms with Crippen molar-refractivity contribution in [1.82, 2.24) is 9.36 Å². The van der Waals surface area contributed by atoms with E-state index in [1.807, 2.05) is 24.3 Å². The highest BCUT2D eigenvalue weighted by molar-refractivity contribution is 6.37. The molecule has 3 rings (SSSR count). The number of aromatic nitrogens is 2. The Morgan fingerprint density at radius 2 is 1.72 bits per heavy atom. The zero-order valence-corrected chi connectivity index (χ0v) is 17.1. The molecule has 6 nitrogen and oxygen atoms in total. The number of nitrogens with zero attached hydrogens (tertiary/aromatic N) is 3. The lowest BCUT2D eigenvalue weighted by Gasteiger charge is -2.07. The highest BCUT2D eigenvalue weighted by Gasteiger charge is 2.20. The maximum atomic E-state index is 12.9. The molecular formula is C21H16Cl2N4O2. The number of carbonyl (C=O) groups excluding carboxylic acids is 1. The predicted molar refractivity (Wildman–Crippen MR) is 114 cm³/mol. The van der Waals surface area contributed by atoms with Crippen molar-refractivity contribution in [2.75, 3.05) is 5.32 Å². The van der Waals surface area contributed by atoms with E-state index in [9.17, 15) is 14.9 Å². The average Bonchev–Trinajstić information content (AvgIpc) is 2.91. The first-order valence-electron chi connectivity index (χ1n) is 8.56. The normalized spacial score (nSPS) is 11.2. The molecule has 1 N–H and O–H groups in total. The van der Waals surface area contributed by atoms with Gasteiger partial charge in [-0.05, 0) is 37.3 Å². The minimum atomic E-state index is -0.727. The molecule has 1 amide bonds. The van der Waals surface area contributed by atoms with Crippen LogP contribution in [0.5, 0.6) is 0 Å². The number of nitrogens with one attached hydrogen (secondary N) is 1. The van der Waals surface area contributed by atoms with E-state index >= 15 is 0 Å². The molecule has 0 saturated carbocycles. The van der Waals surface area contributed by atoms with E-state index in [1.54, 1.807) is 49.0 Å². The summed E-state index contributed by atoms with van der Waals surface area (Å²) in [4.78, 5) is 25.6. The number of carbonyl (C=O) groups is 1. The zero-order valence-electron chi connectivity index (χ0n) is 15.6. The van der Waals surface area contributed by atoms with Gasteiger partial charge in [0, 0.05) is 22.7 Å². The SMILES string of the molecule is Cc1c(NC(=O)C(C#N)=Cc2c(Cl)cccc2Cl)c(=O)n(-c2ccccc2)n1C. The van der Waals surface area contributed by atoms with Crippen LogP contribution in [0.25, 0.3) is 11.8 Å².